The van der Waals surface area contributed by atoms with Crippen molar-refractivity contribution in [3.8, 4) is 0 Å². The van der Waals surface area contributed by atoms with Gasteiger partial charge in [0.2, 0.25) is 17.7 Å². The minimum Gasteiger partial charge on any atom is -0.480 e. The van der Waals surface area contributed by atoms with E-state index in [0.717, 1.165) is 0 Å². The van der Waals surface area contributed by atoms with Crippen LogP contribution in [0.1, 0.15) is 34.6 Å². The number of hydrogen-bond acceptors (Lipinski definition) is 8. The third-order valence-electron chi connectivity index (χ3n) is 4.18. The molecule has 0 aromatic carbocycles. The SMILES string of the molecule is CC(C)C(NC(=O)C(NC(=O)C(N)C(C)O)C(C)O)C(=O)NC(C(=O)O)C(C)O. The molecule has 0 fully saturated rings. The molecular weight excluding hydrogens is 388 g/mol. The molecule has 7 unspecified atom stereocenters. The van der Waals surface area contributed by atoms with Crippen molar-refractivity contribution in [2.45, 2.75) is 77.1 Å². The van der Waals surface area contributed by atoms with Crippen LogP contribution in [0.4, 0.5) is 0 Å². The van der Waals surface area contributed by atoms with Crippen LogP contribution in [0.5, 0.6) is 0 Å². The van der Waals surface area contributed by atoms with Crippen LogP contribution in [-0.4, -0.2) is 86.6 Å². The number of carboxylic acid groups (broad SMARTS) is 1. The van der Waals surface area contributed by atoms with E-state index in [1.54, 1.807) is 13.8 Å². The number of carbonyl (C=O) groups is 4. The molecule has 0 aromatic rings. The highest BCUT2D eigenvalue weighted by Crippen LogP contribution is 2.06. The first kappa shape index (κ1) is 26.7. The van der Waals surface area contributed by atoms with Gasteiger partial charge in [0.05, 0.1) is 18.3 Å². The molecule has 12 nitrogen and oxygen atoms in total. The molecular formula is C17H32N4O8. The van der Waals surface area contributed by atoms with Crippen LogP contribution in [0.25, 0.3) is 0 Å². The predicted molar refractivity (Wildman–Crippen MR) is 101 cm³/mol. The lowest BCUT2D eigenvalue weighted by Crippen LogP contribution is -2.62. The molecule has 0 spiro atoms. The summed E-state index contributed by atoms with van der Waals surface area (Å²) in [7, 11) is 0. The lowest BCUT2D eigenvalue weighted by Gasteiger charge is -2.28. The Labute approximate surface area is 168 Å². The average molecular weight is 420 g/mol. The number of aliphatic hydroxyl groups excluding tert-OH is 3. The van der Waals surface area contributed by atoms with Crippen LogP contribution in [0.3, 0.4) is 0 Å². The normalized spacial score (nSPS) is 18.6. The second-order valence-electron chi connectivity index (χ2n) is 7.29. The summed E-state index contributed by atoms with van der Waals surface area (Å²) in [6.07, 6.45) is -3.94. The smallest absolute Gasteiger partial charge is 0.328 e. The van der Waals surface area contributed by atoms with E-state index >= 15 is 0 Å². The van der Waals surface area contributed by atoms with Gasteiger partial charge in [-0.25, -0.2) is 4.79 Å². The summed E-state index contributed by atoms with van der Waals surface area (Å²) in [5.74, 6) is -4.61. The molecule has 0 aromatic heterocycles. The van der Waals surface area contributed by atoms with Crippen LogP contribution in [0.2, 0.25) is 0 Å². The molecule has 3 amide bonds. The summed E-state index contributed by atoms with van der Waals surface area (Å²) < 4.78 is 0. The van der Waals surface area contributed by atoms with Crippen LogP contribution >= 0.6 is 0 Å². The monoisotopic (exact) mass is 420 g/mol. The Morgan fingerprint density at radius 2 is 1.03 bits per heavy atom. The van der Waals surface area contributed by atoms with Crippen molar-refractivity contribution in [1.82, 2.24) is 16.0 Å². The number of aliphatic hydroxyl groups is 3. The Balaban J connectivity index is 5.37. The zero-order valence-electron chi connectivity index (χ0n) is 17.1. The number of hydrogen-bond donors (Lipinski definition) is 8. The molecule has 0 aliphatic rings. The molecule has 7 atom stereocenters. The maximum Gasteiger partial charge on any atom is 0.328 e. The van der Waals surface area contributed by atoms with Crippen molar-refractivity contribution in [2.24, 2.45) is 11.7 Å². The van der Waals surface area contributed by atoms with Gasteiger partial charge in [0.1, 0.15) is 18.1 Å². The first-order valence-electron chi connectivity index (χ1n) is 9.14. The molecule has 0 saturated carbocycles. The molecule has 12 heteroatoms. The first-order valence-corrected chi connectivity index (χ1v) is 9.14. The second-order valence-corrected chi connectivity index (χ2v) is 7.29. The lowest BCUT2D eigenvalue weighted by molar-refractivity contribution is -0.145. The Kier molecular flexibility index (Phi) is 10.7. The quantitative estimate of drug-likeness (QED) is 0.167. The Morgan fingerprint density at radius 1 is 0.655 bits per heavy atom. The number of nitrogens with one attached hydrogen (secondary N) is 3. The number of carboxylic acids is 1. The Hall–Kier alpha value is -2.28. The molecule has 0 aliphatic carbocycles. The van der Waals surface area contributed by atoms with Crippen molar-refractivity contribution in [2.75, 3.05) is 0 Å². The standard InChI is InChI=1S/C17H32N4O8/c1-6(2)11(15(26)21-13(9(5)24)17(28)29)19-16(27)12(8(4)23)20-14(25)10(18)7(3)22/h6-13,22-24H,18H2,1-5H3,(H,19,27)(H,20,25)(H,21,26)(H,28,29). The number of aliphatic carboxylic acids is 1. The molecule has 9 N–H and O–H groups in total. The fraction of sp³-hybridized carbons (Fsp3) is 0.765. The molecule has 0 saturated heterocycles. The van der Waals surface area contributed by atoms with Crippen LogP contribution < -0.4 is 21.7 Å². The van der Waals surface area contributed by atoms with Gasteiger partial charge in [0.25, 0.3) is 0 Å². The van der Waals surface area contributed by atoms with Gasteiger partial charge in [-0.05, 0) is 26.7 Å². The summed E-state index contributed by atoms with van der Waals surface area (Å²) in [4.78, 5) is 48.1. The van der Waals surface area contributed by atoms with E-state index in [9.17, 15) is 34.5 Å². The fourth-order valence-electron chi connectivity index (χ4n) is 2.28. The van der Waals surface area contributed by atoms with Gasteiger partial charge in [-0.2, -0.15) is 0 Å². The summed E-state index contributed by atoms with van der Waals surface area (Å²) in [5.41, 5.74) is 5.50. The molecule has 0 bridgehead atoms. The van der Waals surface area contributed by atoms with Gasteiger partial charge >= 0.3 is 5.97 Å². The molecule has 168 valence electrons. The van der Waals surface area contributed by atoms with E-state index in [0.29, 0.717) is 0 Å². The topological polar surface area (TPSA) is 211 Å². The number of carbonyl (C=O) groups excluding carboxylic acids is 3. The van der Waals surface area contributed by atoms with E-state index in [1.807, 2.05) is 0 Å². The minimum absolute atomic E-state index is 0.493. The molecule has 0 rings (SSSR count). The van der Waals surface area contributed by atoms with Gasteiger partial charge in [-0.3, -0.25) is 14.4 Å². The fourth-order valence-corrected chi connectivity index (χ4v) is 2.28. The van der Waals surface area contributed by atoms with Crippen molar-refractivity contribution in [1.29, 1.82) is 0 Å². The van der Waals surface area contributed by atoms with Crippen molar-refractivity contribution < 1.29 is 39.6 Å². The Morgan fingerprint density at radius 3 is 1.38 bits per heavy atom. The van der Waals surface area contributed by atoms with Crippen molar-refractivity contribution in [3.63, 3.8) is 0 Å². The van der Waals surface area contributed by atoms with E-state index in [-0.39, 0.29) is 0 Å². The zero-order valence-corrected chi connectivity index (χ0v) is 17.1. The van der Waals surface area contributed by atoms with Crippen molar-refractivity contribution in [3.05, 3.63) is 0 Å². The molecule has 0 radical (unpaired) electrons. The highest BCUT2D eigenvalue weighted by Gasteiger charge is 2.34. The molecule has 29 heavy (non-hydrogen) atoms. The lowest BCUT2D eigenvalue weighted by atomic mass is 10.0. The van der Waals surface area contributed by atoms with Gasteiger partial charge < -0.3 is 42.1 Å². The van der Waals surface area contributed by atoms with E-state index in [4.69, 9.17) is 10.8 Å². The number of rotatable bonds is 11. The van der Waals surface area contributed by atoms with Crippen LogP contribution in [0.15, 0.2) is 0 Å². The highest BCUT2D eigenvalue weighted by molar-refractivity contribution is 5.94. The Bertz CT molecular complexity index is 594. The zero-order chi connectivity index (χ0) is 23.0. The van der Waals surface area contributed by atoms with E-state index < -0.39 is 72.1 Å². The summed E-state index contributed by atoms with van der Waals surface area (Å²) in [5, 5.41) is 44.5. The summed E-state index contributed by atoms with van der Waals surface area (Å²) >= 11 is 0. The van der Waals surface area contributed by atoms with E-state index in [2.05, 4.69) is 16.0 Å². The second kappa shape index (κ2) is 11.7. The number of nitrogens with two attached hydrogens (primary N) is 1. The summed E-state index contributed by atoms with van der Waals surface area (Å²) in [6, 6.07) is -5.62. The van der Waals surface area contributed by atoms with Gasteiger partial charge in [0, 0.05) is 0 Å². The van der Waals surface area contributed by atoms with Gasteiger partial charge in [-0.15, -0.1) is 0 Å². The predicted octanol–water partition coefficient (Wildman–Crippen LogP) is -3.35. The number of amides is 3. The largest absolute Gasteiger partial charge is 0.480 e. The average Bonchev–Trinajstić information content (AvgIpc) is 2.59. The van der Waals surface area contributed by atoms with E-state index in [1.165, 1.54) is 20.8 Å². The third-order valence-corrected chi connectivity index (χ3v) is 4.18. The van der Waals surface area contributed by atoms with Crippen molar-refractivity contribution >= 4 is 23.7 Å². The maximum absolute atomic E-state index is 12.6. The van der Waals surface area contributed by atoms with Gasteiger partial charge in [-0.1, -0.05) is 13.8 Å². The highest BCUT2D eigenvalue weighted by atomic mass is 16.4. The van der Waals surface area contributed by atoms with Crippen LogP contribution in [0, 0.1) is 5.92 Å². The summed E-state index contributed by atoms with van der Waals surface area (Å²) in [6.45, 7) is 6.87. The van der Waals surface area contributed by atoms with Crippen LogP contribution in [-0.2, 0) is 19.2 Å². The minimum atomic E-state index is -1.59. The third kappa shape index (κ3) is 8.31. The first-order chi connectivity index (χ1) is 13.2. The van der Waals surface area contributed by atoms with Gasteiger partial charge in [0.15, 0.2) is 6.04 Å². The maximum atomic E-state index is 12.6. The molecule has 0 heterocycles. The molecule has 0 aliphatic heterocycles.